The van der Waals surface area contributed by atoms with Crippen molar-refractivity contribution in [3.05, 3.63) is 46.4 Å². The molecule has 0 spiro atoms. The minimum Gasteiger partial charge on any atom is -0.493 e. The zero-order valence-electron chi connectivity index (χ0n) is 18.0. The van der Waals surface area contributed by atoms with E-state index in [4.69, 9.17) is 9.47 Å². The highest BCUT2D eigenvalue weighted by Gasteiger charge is 2.21. The van der Waals surface area contributed by atoms with Crippen molar-refractivity contribution in [2.24, 2.45) is 10.2 Å². The Hall–Kier alpha value is -2.91. The van der Waals surface area contributed by atoms with Crippen molar-refractivity contribution in [2.45, 2.75) is 25.9 Å². The maximum Gasteiger partial charge on any atom is 0.269 e. The number of aromatic nitrogens is 1. The van der Waals surface area contributed by atoms with Gasteiger partial charge in [0.05, 0.1) is 32.8 Å². The van der Waals surface area contributed by atoms with E-state index in [9.17, 15) is 9.90 Å². The Balaban J connectivity index is 1.59. The van der Waals surface area contributed by atoms with Gasteiger partial charge in [-0.15, -0.1) is 10.2 Å². The second kappa shape index (κ2) is 9.70. The fraction of sp³-hybridized carbons (Fsp3) is 0.348. The van der Waals surface area contributed by atoms with E-state index in [2.05, 4.69) is 31.1 Å². The summed E-state index contributed by atoms with van der Waals surface area (Å²) in [5.74, 6) is 0.716. The van der Waals surface area contributed by atoms with E-state index >= 15 is 0 Å². The lowest BCUT2D eigenvalue weighted by Gasteiger charge is -2.17. The number of fused-ring (bicyclic) bond motifs is 1. The van der Waals surface area contributed by atoms with Crippen molar-refractivity contribution < 1.29 is 19.4 Å². The zero-order chi connectivity index (χ0) is 22.7. The first kappa shape index (κ1) is 22.3. The Labute approximate surface area is 194 Å². The number of halogens is 1. The maximum atomic E-state index is 12.5. The highest BCUT2D eigenvalue weighted by molar-refractivity contribution is 9.10. The summed E-state index contributed by atoms with van der Waals surface area (Å²) < 4.78 is 13.2. The van der Waals surface area contributed by atoms with E-state index in [0.717, 1.165) is 46.9 Å². The molecule has 3 aromatic rings. The van der Waals surface area contributed by atoms with Gasteiger partial charge in [0.1, 0.15) is 0 Å². The molecule has 32 heavy (non-hydrogen) atoms. The summed E-state index contributed by atoms with van der Waals surface area (Å²) in [7, 11) is 3.10. The van der Waals surface area contributed by atoms with Crippen molar-refractivity contribution in [3.63, 3.8) is 0 Å². The average Bonchev–Trinajstić information content (AvgIpc) is 3.39. The predicted molar refractivity (Wildman–Crippen MR) is 125 cm³/mol. The van der Waals surface area contributed by atoms with E-state index in [1.165, 1.54) is 0 Å². The predicted octanol–water partition coefficient (Wildman–Crippen LogP) is 5.03. The molecule has 9 heteroatoms. The summed E-state index contributed by atoms with van der Waals surface area (Å²) >= 11 is 3.48. The van der Waals surface area contributed by atoms with Crippen molar-refractivity contribution in [3.8, 4) is 17.4 Å². The summed E-state index contributed by atoms with van der Waals surface area (Å²) in [6.45, 7) is 2.56. The van der Waals surface area contributed by atoms with Gasteiger partial charge in [-0.3, -0.25) is 14.3 Å². The van der Waals surface area contributed by atoms with E-state index in [1.807, 2.05) is 22.8 Å². The molecule has 0 radical (unpaired) electrons. The molecule has 1 aliphatic rings. The maximum absolute atomic E-state index is 12.5. The number of azo groups is 1. The number of benzene rings is 2. The van der Waals surface area contributed by atoms with Crippen LogP contribution in [0.1, 0.15) is 18.4 Å². The van der Waals surface area contributed by atoms with E-state index in [1.54, 1.807) is 32.4 Å². The average molecular weight is 501 g/mol. The number of methoxy groups -OCH3 is 2. The van der Waals surface area contributed by atoms with Crippen LogP contribution in [0.3, 0.4) is 0 Å². The highest BCUT2D eigenvalue weighted by Crippen LogP contribution is 2.40. The highest BCUT2D eigenvalue weighted by atomic mass is 79.9. The third-order valence-corrected chi connectivity index (χ3v) is 6.07. The molecular formula is C23H25BrN4O4. The minimum absolute atomic E-state index is 0.00710. The molecule has 1 N–H and O–H groups in total. The smallest absolute Gasteiger partial charge is 0.269 e. The molecule has 1 amide bonds. The van der Waals surface area contributed by atoms with Gasteiger partial charge in [0.15, 0.2) is 17.2 Å². The molecule has 1 aliphatic heterocycles. The molecule has 1 aromatic heterocycles. The molecule has 0 aliphatic carbocycles. The van der Waals surface area contributed by atoms with Gasteiger partial charge in [-0.05, 0) is 61.8 Å². The zero-order valence-corrected chi connectivity index (χ0v) is 19.6. The number of hydrogen-bond donors (Lipinski definition) is 1. The van der Waals surface area contributed by atoms with Gasteiger partial charge in [-0.1, -0.05) is 22.0 Å². The summed E-state index contributed by atoms with van der Waals surface area (Å²) in [6, 6.07) is 11.0. The van der Waals surface area contributed by atoms with E-state index < -0.39 is 5.91 Å². The Bertz CT molecular complexity index is 1170. The Morgan fingerprint density at radius 2 is 1.84 bits per heavy atom. The topological polar surface area (TPSA) is 88.7 Å². The van der Waals surface area contributed by atoms with E-state index in [-0.39, 0.29) is 12.3 Å². The fourth-order valence-corrected chi connectivity index (χ4v) is 4.33. The van der Waals surface area contributed by atoms with Crippen LogP contribution >= 0.6 is 15.9 Å². The first-order chi connectivity index (χ1) is 15.5. The van der Waals surface area contributed by atoms with Crippen LogP contribution in [0.25, 0.3) is 10.9 Å². The number of amides is 1. The lowest BCUT2D eigenvalue weighted by molar-refractivity contribution is -0.117. The largest absolute Gasteiger partial charge is 0.493 e. The first-order valence-electron chi connectivity index (χ1n) is 10.4. The van der Waals surface area contributed by atoms with Crippen LogP contribution in [0.2, 0.25) is 0 Å². The van der Waals surface area contributed by atoms with Crippen LogP contribution in [-0.2, 0) is 17.9 Å². The second-order valence-electron chi connectivity index (χ2n) is 7.69. The molecule has 168 valence electrons. The molecule has 8 nitrogen and oxygen atoms in total. The van der Waals surface area contributed by atoms with Gasteiger partial charge in [0.2, 0.25) is 5.88 Å². The Kier molecular flexibility index (Phi) is 6.76. The number of nitrogens with zero attached hydrogens (tertiary/aromatic N) is 4. The Morgan fingerprint density at radius 1 is 1.09 bits per heavy atom. The number of carbonyl (C=O) groups is 1. The Morgan fingerprint density at radius 3 is 2.56 bits per heavy atom. The number of carbonyl (C=O) groups excluding carboxylic acids is 1. The third kappa shape index (κ3) is 4.63. The molecule has 0 bridgehead atoms. The fourth-order valence-electron chi connectivity index (χ4n) is 3.97. The van der Waals surface area contributed by atoms with Crippen molar-refractivity contribution in [2.75, 3.05) is 27.3 Å². The molecule has 0 unspecified atom stereocenters. The van der Waals surface area contributed by atoms with Gasteiger partial charge < -0.3 is 14.6 Å². The van der Waals surface area contributed by atoms with Crippen LogP contribution in [0.5, 0.6) is 17.4 Å². The molecule has 0 atom stereocenters. The molecule has 1 saturated heterocycles. The summed E-state index contributed by atoms with van der Waals surface area (Å²) in [5, 5.41) is 19.7. The molecule has 2 aromatic carbocycles. The SMILES string of the molecule is COc1ccc(CC(=O)N=Nc2c(O)n(CN3CCCC3)c3ccc(Br)cc23)cc1OC. The summed E-state index contributed by atoms with van der Waals surface area (Å²) in [4.78, 5) is 14.8. The molecule has 4 rings (SSSR count). The normalized spacial score (nSPS) is 14.5. The number of rotatable bonds is 7. The number of likely N-dealkylation sites (tertiary alicyclic amines) is 1. The van der Waals surface area contributed by atoms with Crippen LogP contribution in [0.15, 0.2) is 51.1 Å². The van der Waals surface area contributed by atoms with Crippen LogP contribution < -0.4 is 9.47 Å². The van der Waals surface area contributed by atoms with Crippen molar-refractivity contribution in [1.29, 1.82) is 0 Å². The van der Waals surface area contributed by atoms with Gasteiger partial charge in [-0.2, -0.15) is 0 Å². The first-order valence-corrected chi connectivity index (χ1v) is 11.2. The number of ether oxygens (including phenoxy) is 2. The lowest BCUT2D eigenvalue weighted by Crippen LogP contribution is -2.22. The van der Waals surface area contributed by atoms with Gasteiger partial charge in [-0.25, -0.2) is 0 Å². The molecule has 0 saturated carbocycles. The van der Waals surface area contributed by atoms with E-state index in [0.29, 0.717) is 23.9 Å². The second-order valence-corrected chi connectivity index (χ2v) is 8.60. The van der Waals surface area contributed by atoms with Gasteiger partial charge >= 0.3 is 0 Å². The van der Waals surface area contributed by atoms with Crippen LogP contribution in [0.4, 0.5) is 5.69 Å². The minimum atomic E-state index is -0.424. The van der Waals surface area contributed by atoms with Crippen molar-refractivity contribution >= 4 is 38.4 Å². The van der Waals surface area contributed by atoms with Crippen LogP contribution in [0, 0.1) is 0 Å². The summed E-state index contributed by atoms with van der Waals surface area (Å²) in [6.07, 6.45) is 2.37. The van der Waals surface area contributed by atoms with Gasteiger partial charge in [0.25, 0.3) is 5.91 Å². The van der Waals surface area contributed by atoms with Crippen molar-refractivity contribution in [1.82, 2.24) is 9.47 Å². The van der Waals surface area contributed by atoms with Gasteiger partial charge in [0, 0.05) is 9.86 Å². The van der Waals surface area contributed by atoms with Crippen LogP contribution in [-0.4, -0.2) is 47.8 Å². The molecule has 2 heterocycles. The molecule has 1 fully saturated rings. The molecular weight excluding hydrogens is 476 g/mol. The number of aromatic hydroxyl groups is 1. The standard InChI is InChI=1S/C23H25BrN4O4/c1-31-19-8-5-15(11-20(19)32-2)12-21(29)25-26-22-17-13-16(24)6-7-18(17)28(23(22)30)14-27-9-3-4-10-27/h5-8,11,13,30H,3-4,9-10,12,14H2,1-2H3. The lowest BCUT2D eigenvalue weighted by atomic mass is 10.1. The number of hydrogen-bond acceptors (Lipinski definition) is 6. The summed E-state index contributed by atoms with van der Waals surface area (Å²) in [5.41, 5.74) is 1.87. The monoisotopic (exact) mass is 500 g/mol. The third-order valence-electron chi connectivity index (χ3n) is 5.58. The quantitative estimate of drug-likeness (QED) is 0.459.